The number of rotatable bonds is 7. The Balaban J connectivity index is 2.35. The average Bonchev–Trinajstić information content (AvgIpc) is 2.63. The van der Waals surface area contributed by atoms with Gasteiger partial charge < -0.3 is 9.47 Å². The second-order valence-electron chi connectivity index (χ2n) is 5.74. The Morgan fingerprint density at radius 1 is 1.11 bits per heavy atom. The summed E-state index contributed by atoms with van der Waals surface area (Å²) in [5.74, 6) is -0.644. The molecule has 0 radical (unpaired) electrons. The minimum atomic E-state index is -0.649. The second-order valence-corrected chi connectivity index (χ2v) is 7.59. The van der Waals surface area contributed by atoms with Crippen molar-refractivity contribution in [2.75, 3.05) is 5.75 Å². The Morgan fingerprint density at radius 3 is 2.39 bits per heavy atom. The molecule has 2 rings (SSSR count). The van der Waals surface area contributed by atoms with Crippen LogP contribution in [0.1, 0.15) is 13.8 Å². The van der Waals surface area contributed by atoms with Gasteiger partial charge in [-0.2, -0.15) is 0 Å². The molecule has 0 aliphatic heterocycles. The lowest BCUT2D eigenvalue weighted by molar-refractivity contribution is -0.130. The maximum atomic E-state index is 14.6. The molecule has 0 saturated carbocycles. The van der Waals surface area contributed by atoms with Gasteiger partial charge in [-0.1, -0.05) is 26.1 Å². The fourth-order valence-electron chi connectivity index (χ4n) is 2.17. The first-order chi connectivity index (χ1) is 13.2. The zero-order valence-corrected chi connectivity index (χ0v) is 17.2. The molecule has 7 heteroatoms. The minimum absolute atomic E-state index is 0.0116. The van der Waals surface area contributed by atoms with E-state index >= 15 is 0 Å². The van der Waals surface area contributed by atoms with Crippen LogP contribution in [0.5, 0.6) is 11.5 Å². The number of carbonyl (C=O) groups is 2. The molecule has 0 heterocycles. The predicted molar refractivity (Wildman–Crippen MR) is 112 cm³/mol. The van der Waals surface area contributed by atoms with Crippen molar-refractivity contribution in [1.82, 2.24) is 0 Å². The van der Waals surface area contributed by atoms with Crippen LogP contribution < -0.4 is 9.47 Å². The maximum absolute atomic E-state index is 14.6. The van der Waals surface area contributed by atoms with E-state index in [0.717, 1.165) is 11.8 Å². The van der Waals surface area contributed by atoms with Crippen molar-refractivity contribution in [2.24, 2.45) is 0 Å². The molecule has 2 aromatic rings. The van der Waals surface area contributed by atoms with Gasteiger partial charge in [0.15, 0.2) is 0 Å². The van der Waals surface area contributed by atoms with Crippen LogP contribution in [0.2, 0.25) is 0 Å². The lowest BCUT2D eigenvalue weighted by Gasteiger charge is -2.12. The standard InChI is InChI=1S/C21H19FO4S2/c1-5-28-19-10-14(6-9-18(19)26-21(24)13(4)27)16-8-7-15(11-17(16)22)25-20(23)12(2)3/h6-11,27H,2,4-5H2,1,3H3. The molecular formula is C21H19FO4S2. The fraction of sp³-hybridized carbons (Fsp3) is 0.143. The van der Waals surface area contributed by atoms with E-state index in [1.54, 1.807) is 18.2 Å². The van der Waals surface area contributed by atoms with Gasteiger partial charge in [0.25, 0.3) is 0 Å². The normalized spacial score (nSPS) is 10.3. The summed E-state index contributed by atoms with van der Waals surface area (Å²) < 4.78 is 24.9. The molecule has 146 valence electrons. The summed E-state index contributed by atoms with van der Waals surface area (Å²) in [6.07, 6.45) is 0. The molecule has 0 atom stereocenters. The highest BCUT2D eigenvalue weighted by Gasteiger charge is 2.15. The number of thioether (sulfide) groups is 1. The summed E-state index contributed by atoms with van der Waals surface area (Å²) in [5, 5.41) is 0. The first kappa shape index (κ1) is 21.8. The van der Waals surface area contributed by atoms with Crippen LogP contribution in [0.3, 0.4) is 0 Å². The first-order valence-corrected chi connectivity index (χ1v) is 9.70. The predicted octanol–water partition coefficient (Wildman–Crippen LogP) is 5.44. The number of carbonyl (C=O) groups excluding carboxylic acids is 2. The number of ether oxygens (including phenoxy) is 2. The average molecular weight is 419 g/mol. The van der Waals surface area contributed by atoms with E-state index in [1.807, 2.05) is 6.92 Å². The van der Waals surface area contributed by atoms with Gasteiger partial charge in [0.2, 0.25) is 0 Å². The molecule has 2 aromatic carbocycles. The van der Waals surface area contributed by atoms with Crippen molar-refractivity contribution < 1.29 is 23.5 Å². The number of hydrogen-bond donors (Lipinski definition) is 1. The Hall–Kier alpha value is -2.51. The van der Waals surface area contributed by atoms with Crippen molar-refractivity contribution in [2.45, 2.75) is 18.7 Å². The molecule has 4 nitrogen and oxygen atoms in total. The summed E-state index contributed by atoms with van der Waals surface area (Å²) in [4.78, 5) is 24.0. The van der Waals surface area contributed by atoms with Crippen molar-refractivity contribution in [3.05, 3.63) is 65.9 Å². The summed E-state index contributed by atoms with van der Waals surface area (Å²) in [6.45, 7) is 10.4. The van der Waals surface area contributed by atoms with E-state index in [1.165, 1.54) is 30.8 Å². The molecule has 0 bridgehead atoms. The Labute approximate surface area is 172 Å². The molecule has 28 heavy (non-hydrogen) atoms. The van der Waals surface area contributed by atoms with E-state index in [9.17, 15) is 14.0 Å². The molecule has 0 aliphatic carbocycles. The monoisotopic (exact) mass is 418 g/mol. The zero-order chi connectivity index (χ0) is 20.8. The van der Waals surface area contributed by atoms with Crippen LogP contribution in [0.4, 0.5) is 4.39 Å². The van der Waals surface area contributed by atoms with E-state index in [4.69, 9.17) is 9.47 Å². The van der Waals surface area contributed by atoms with Gasteiger partial charge in [-0.05, 0) is 42.5 Å². The molecular weight excluding hydrogens is 399 g/mol. The molecule has 0 aliphatic rings. The van der Waals surface area contributed by atoms with E-state index in [2.05, 4.69) is 25.8 Å². The van der Waals surface area contributed by atoms with Gasteiger partial charge in [0.05, 0.1) is 9.80 Å². The topological polar surface area (TPSA) is 52.6 Å². The Kier molecular flexibility index (Phi) is 7.48. The summed E-state index contributed by atoms with van der Waals surface area (Å²) in [5.41, 5.74) is 1.14. The van der Waals surface area contributed by atoms with Gasteiger partial charge in [-0.15, -0.1) is 24.4 Å². The highest BCUT2D eigenvalue weighted by molar-refractivity contribution is 7.99. The number of thiol groups is 1. The van der Waals surface area contributed by atoms with Crippen molar-refractivity contribution in [3.8, 4) is 22.6 Å². The molecule has 0 spiro atoms. The van der Waals surface area contributed by atoms with Crippen molar-refractivity contribution in [1.29, 1.82) is 0 Å². The van der Waals surface area contributed by atoms with Crippen molar-refractivity contribution >= 4 is 36.3 Å². The molecule has 0 saturated heterocycles. The van der Waals surface area contributed by atoms with Crippen LogP contribution >= 0.6 is 24.4 Å². The lowest BCUT2D eigenvalue weighted by atomic mass is 10.0. The van der Waals surface area contributed by atoms with Gasteiger partial charge in [-0.25, -0.2) is 14.0 Å². The largest absolute Gasteiger partial charge is 0.423 e. The molecule has 0 unspecified atom stereocenters. The minimum Gasteiger partial charge on any atom is -0.423 e. The van der Waals surface area contributed by atoms with Crippen molar-refractivity contribution in [3.63, 3.8) is 0 Å². The smallest absolute Gasteiger partial charge is 0.349 e. The highest BCUT2D eigenvalue weighted by Crippen LogP contribution is 2.35. The van der Waals surface area contributed by atoms with Crippen LogP contribution in [0, 0.1) is 5.82 Å². The Morgan fingerprint density at radius 2 is 1.82 bits per heavy atom. The quantitative estimate of drug-likeness (QED) is 0.213. The van der Waals surface area contributed by atoms with E-state index in [0.29, 0.717) is 21.8 Å². The van der Waals surface area contributed by atoms with Gasteiger partial charge in [-0.3, -0.25) is 0 Å². The van der Waals surface area contributed by atoms with E-state index in [-0.39, 0.29) is 16.2 Å². The summed E-state index contributed by atoms with van der Waals surface area (Å²) >= 11 is 5.33. The van der Waals surface area contributed by atoms with E-state index < -0.39 is 17.8 Å². The molecule has 0 amide bonds. The third-order valence-electron chi connectivity index (χ3n) is 3.49. The van der Waals surface area contributed by atoms with Gasteiger partial charge >= 0.3 is 11.9 Å². The van der Waals surface area contributed by atoms with Crippen LogP contribution in [-0.2, 0) is 9.59 Å². The molecule has 0 N–H and O–H groups in total. The lowest BCUT2D eigenvalue weighted by Crippen LogP contribution is -2.08. The fourth-order valence-corrected chi connectivity index (χ4v) is 2.99. The highest BCUT2D eigenvalue weighted by atomic mass is 32.2. The number of esters is 2. The summed E-state index contributed by atoms with van der Waals surface area (Å²) in [7, 11) is 0. The number of halogens is 1. The zero-order valence-electron chi connectivity index (χ0n) is 15.5. The molecule has 0 aromatic heterocycles. The maximum Gasteiger partial charge on any atom is 0.349 e. The number of benzene rings is 2. The van der Waals surface area contributed by atoms with Gasteiger partial charge in [0.1, 0.15) is 17.3 Å². The third kappa shape index (κ3) is 5.50. The van der Waals surface area contributed by atoms with Gasteiger partial charge in [0, 0.05) is 17.2 Å². The summed E-state index contributed by atoms with van der Waals surface area (Å²) in [6, 6.07) is 9.13. The van der Waals surface area contributed by atoms with Crippen LogP contribution in [0.25, 0.3) is 11.1 Å². The third-order valence-corrected chi connectivity index (χ3v) is 4.59. The Bertz CT molecular complexity index is 953. The molecule has 0 fully saturated rings. The second kappa shape index (κ2) is 9.61. The van der Waals surface area contributed by atoms with Crippen LogP contribution in [0.15, 0.2) is 64.9 Å². The number of hydrogen-bond acceptors (Lipinski definition) is 6. The SMILES string of the molecule is C=C(C)C(=O)Oc1ccc(-c2ccc(OC(=O)C(=C)S)c(SCC)c2)c(F)c1. The van der Waals surface area contributed by atoms with Crippen LogP contribution in [-0.4, -0.2) is 17.7 Å². The first-order valence-electron chi connectivity index (χ1n) is 8.27.